The molecule has 190 valence electrons. The number of carboxylic acids is 2. The number of nitrogens with zero attached hydrogens (tertiary/aromatic N) is 3. The normalized spacial score (nSPS) is 10.7. The third kappa shape index (κ3) is 6.26. The van der Waals surface area contributed by atoms with Crippen LogP contribution in [-0.4, -0.2) is 43.6 Å². The maximum Gasteiger partial charge on any atom is 0.337 e. The number of oxazole rings is 1. The molecule has 0 bridgehead atoms. The van der Waals surface area contributed by atoms with E-state index in [1.807, 2.05) is 0 Å². The van der Waals surface area contributed by atoms with E-state index >= 15 is 0 Å². The van der Waals surface area contributed by atoms with E-state index in [1.165, 1.54) is 12.3 Å². The van der Waals surface area contributed by atoms with Gasteiger partial charge in [0, 0.05) is 10.6 Å². The van der Waals surface area contributed by atoms with Gasteiger partial charge < -0.3 is 30.6 Å². The number of aryl methyl sites for hydroxylation is 1. The van der Waals surface area contributed by atoms with Crippen molar-refractivity contribution in [3.05, 3.63) is 76.0 Å². The minimum absolute atomic E-state index is 0.0282. The molecule has 0 fully saturated rings. The standard InChI is InChI=1S/C24H20Cl2N6O5/c1-12-30-22(29-11-20(33)34)21(23(31-12)32-17-5-3-2-4-14(17)24(35)36)28-10-19-27-9-18(37-19)15-8-13(25)6-7-16(15)26/h2-9,28H,10-11H2,1H3,(H,33,34)(H,35,36)(H2,29,30,31,32). The molecule has 2 aromatic carbocycles. The Morgan fingerprint density at radius 1 is 1.03 bits per heavy atom. The highest BCUT2D eigenvalue weighted by molar-refractivity contribution is 6.35. The first kappa shape index (κ1) is 25.7. The van der Waals surface area contributed by atoms with E-state index in [2.05, 4.69) is 30.9 Å². The van der Waals surface area contributed by atoms with E-state index in [9.17, 15) is 14.7 Å². The molecule has 0 spiro atoms. The Hall–Kier alpha value is -4.35. The molecule has 0 saturated carbocycles. The number of nitrogens with one attached hydrogen (secondary N) is 3. The van der Waals surface area contributed by atoms with Gasteiger partial charge in [0.2, 0.25) is 5.89 Å². The maximum absolute atomic E-state index is 11.7. The Labute approximate surface area is 220 Å². The number of aromatic carboxylic acids is 1. The third-order valence-corrected chi connectivity index (χ3v) is 5.57. The molecule has 13 heteroatoms. The van der Waals surface area contributed by atoms with Crippen molar-refractivity contribution in [2.24, 2.45) is 0 Å². The lowest BCUT2D eigenvalue weighted by molar-refractivity contribution is -0.134. The van der Waals surface area contributed by atoms with Crippen molar-refractivity contribution in [2.75, 3.05) is 22.5 Å². The van der Waals surface area contributed by atoms with Gasteiger partial charge in [0.1, 0.15) is 18.1 Å². The summed E-state index contributed by atoms with van der Waals surface area (Å²) in [5.41, 5.74) is 1.17. The smallest absolute Gasteiger partial charge is 0.337 e. The Bertz CT molecular complexity index is 1480. The zero-order chi connectivity index (χ0) is 26.5. The largest absolute Gasteiger partial charge is 0.480 e. The van der Waals surface area contributed by atoms with Crippen molar-refractivity contribution in [3.8, 4) is 11.3 Å². The minimum atomic E-state index is -1.13. The third-order valence-electron chi connectivity index (χ3n) is 5.00. The summed E-state index contributed by atoms with van der Waals surface area (Å²) in [6.07, 6.45) is 1.51. The summed E-state index contributed by atoms with van der Waals surface area (Å²) in [5, 5.41) is 28.5. The minimum Gasteiger partial charge on any atom is -0.480 e. The van der Waals surface area contributed by atoms with Crippen molar-refractivity contribution in [1.82, 2.24) is 15.0 Å². The molecule has 4 rings (SSSR count). The van der Waals surface area contributed by atoms with Crippen LogP contribution in [0.4, 0.5) is 23.0 Å². The van der Waals surface area contributed by atoms with E-state index < -0.39 is 18.5 Å². The molecular weight excluding hydrogens is 523 g/mol. The quantitative estimate of drug-likeness (QED) is 0.176. The zero-order valence-corrected chi connectivity index (χ0v) is 20.8. The van der Waals surface area contributed by atoms with Crippen molar-refractivity contribution in [3.63, 3.8) is 0 Å². The van der Waals surface area contributed by atoms with Crippen molar-refractivity contribution in [1.29, 1.82) is 0 Å². The van der Waals surface area contributed by atoms with Gasteiger partial charge in [-0.1, -0.05) is 35.3 Å². The summed E-state index contributed by atoms with van der Waals surface area (Å²) >= 11 is 12.3. The van der Waals surface area contributed by atoms with Gasteiger partial charge in [-0.25, -0.2) is 19.7 Å². The molecule has 0 radical (unpaired) electrons. The molecule has 4 aromatic rings. The van der Waals surface area contributed by atoms with Crippen LogP contribution in [0.3, 0.4) is 0 Å². The number of halogens is 2. The maximum atomic E-state index is 11.7. The number of hydrogen-bond acceptors (Lipinski definition) is 9. The average molecular weight is 543 g/mol. The number of anilines is 4. The second-order valence-electron chi connectivity index (χ2n) is 7.66. The topological polar surface area (TPSA) is 162 Å². The highest BCUT2D eigenvalue weighted by atomic mass is 35.5. The number of benzene rings is 2. The number of carbonyl (C=O) groups is 2. The highest BCUT2D eigenvalue weighted by Gasteiger charge is 2.18. The first-order valence-corrected chi connectivity index (χ1v) is 11.5. The number of aliphatic carboxylic acids is 1. The van der Waals surface area contributed by atoms with Gasteiger partial charge in [-0.15, -0.1) is 0 Å². The number of para-hydroxylation sites is 1. The summed E-state index contributed by atoms with van der Waals surface area (Å²) in [5.74, 6) is -0.797. The molecule has 11 nitrogen and oxygen atoms in total. The molecule has 37 heavy (non-hydrogen) atoms. The summed E-state index contributed by atoms with van der Waals surface area (Å²) in [6.45, 7) is 1.27. The molecule has 0 atom stereocenters. The van der Waals surface area contributed by atoms with Gasteiger partial charge in [0.15, 0.2) is 17.4 Å². The molecule has 0 aliphatic heterocycles. The van der Waals surface area contributed by atoms with Crippen molar-refractivity contribution in [2.45, 2.75) is 13.5 Å². The van der Waals surface area contributed by atoms with Crippen LogP contribution in [0.15, 0.2) is 53.1 Å². The average Bonchev–Trinajstić information content (AvgIpc) is 3.32. The lowest BCUT2D eigenvalue weighted by atomic mass is 10.2. The second kappa shape index (κ2) is 11.1. The van der Waals surface area contributed by atoms with Crippen LogP contribution in [0.5, 0.6) is 0 Å². The summed E-state index contributed by atoms with van der Waals surface area (Å²) in [7, 11) is 0. The lowest BCUT2D eigenvalue weighted by Gasteiger charge is -2.18. The Morgan fingerprint density at radius 3 is 2.54 bits per heavy atom. The van der Waals surface area contributed by atoms with Crippen molar-refractivity contribution >= 4 is 58.2 Å². The molecule has 0 aliphatic carbocycles. The van der Waals surface area contributed by atoms with E-state index in [0.29, 0.717) is 27.2 Å². The van der Waals surface area contributed by atoms with E-state index in [-0.39, 0.29) is 41.0 Å². The molecule has 0 amide bonds. The Kier molecular flexibility index (Phi) is 7.75. The van der Waals surface area contributed by atoms with Crippen LogP contribution >= 0.6 is 23.2 Å². The number of rotatable bonds is 10. The van der Waals surface area contributed by atoms with Crippen LogP contribution in [0, 0.1) is 6.92 Å². The Morgan fingerprint density at radius 2 is 1.78 bits per heavy atom. The second-order valence-corrected chi connectivity index (χ2v) is 8.51. The lowest BCUT2D eigenvalue weighted by Crippen LogP contribution is -2.17. The zero-order valence-electron chi connectivity index (χ0n) is 19.2. The van der Waals surface area contributed by atoms with E-state index in [4.69, 9.17) is 32.7 Å². The van der Waals surface area contributed by atoms with Crippen LogP contribution < -0.4 is 16.0 Å². The van der Waals surface area contributed by atoms with E-state index in [1.54, 1.807) is 43.3 Å². The fraction of sp³-hybridized carbons (Fsp3) is 0.125. The fourth-order valence-electron chi connectivity index (χ4n) is 3.39. The van der Waals surface area contributed by atoms with Gasteiger partial charge in [0.05, 0.1) is 29.0 Å². The first-order chi connectivity index (χ1) is 17.7. The molecule has 0 unspecified atom stereocenters. The van der Waals surface area contributed by atoms with Gasteiger partial charge in [-0.2, -0.15) is 0 Å². The summed E-state index contributed by atoms with van der Waals surface area (Å²) < 4.78 is 5.83. The van der Waals surface area contributed by atoms with Crippen LogP contribution in [0.2, 0.25) is 10.0 Å². The molecule has 2 heterocycles. The number of hydrogen-bond donors (Lipinski definition) is 5. The van der Waals surface area contributed by atoms with Gasteiger partial charge >= 0.3 is 11.9 Å². The monoisotopic (exact) mass is 542 g/mol. The van der Waals surface area contributed by atoms with E-state index in [0.717, 1.165) is 0 Å². The van der Waals surface area contributed by atoms with Crippen LogP contribution in [0.25, 0.3) is 11.3 Å². The first-order valence-electron chi connectivity index (χ1n) is 10.8. The van der Waals surface area contributed by atoms with Gasteiger partial charge in [-0.3, -0.25) is 4.79 Å². The predicted molar refractivity (Wildman–Crippen MR) is 139 cm³/mol. The summed E-state index contributed by atoms with van der Waals surface area (Å²) in [4.78, 5) is 35.8. The molecule has 0 aliphatic rings. The van der Waals surface area contributed by atoms with Crippen LogP contribution in [0.1, 0.15) is 22.1 Å². The van der Waals surface area contributed by atoms with Gasteiger partial charge in [0.25, 0.3) is 0 Å². The fourth-order valence-corrected chi connectivity index (χ4v) is 3.77. The molecule has 5 N–H and O–H groups in total. The van der Waals surface area contributed by atoms with Gasteiger partial charge in [-0.05, 0) is 37.3 Å². The predicted octanol–water partition coefficient (Wildman–Crippen LogP) is 5.30. The SMILES string of the molecule is Cc1nc(NCC(=O)O)c(NCc2ncc(-c3cc(Cl)ccc3Cl)o2)c(Nc2ccccc2C(=O)O)n1. The summed E-state index contributed by atoms with van der Waals surface area (Å²) in [6, 6.07) is 11.3. The highest BCUT2D eigenvalue weighted by Crippen LogP contribution is 2.33. The van der Waals surface area contributed by atoms with Crippen LogP contribution in [-0.2, 0) is 11.3 Å². The number of aromatic nitrogens is 3. The van der Waals surface area contributed by atoms with Crippen molar-refractivity contribution < 1.29 is 24.2 Å². The molecular formula is C24H20Cl2N6O5. The number of carboxylic acid groups (broad SMARTS) is 2. The Balaban J connectivity index is 1.66. The molecule has 2 aromatic heterocycles. The molecule has 0 saturated heterocycles.